The van der Waals surface area contributed by atoms with Gasteiger partial charge in [0.1, 0.15) is 0 Å². The van der Waals surface area contributed by atoms with Crippen LogP contribution in [0.2, 0.25) is 5.02 Å². The van der Waals surface area contributed by atoms with Crippen LogP contribution in [0.5, 0.6) is 0 Å². The fraction of sp³-hybridized carbons (Fsp3) is 0.333. The second-order valence-corrected chi connectivity index (χ2v) is 5.74. The van der Waals surface area contributed by atoms with Gasteiger partial charge in [-0.25, -0.2) is 13.1 Å². The van der Waals surface area contributed by atoms with Crippen LogP contribution in [-0.2, 0) is 10.0 Å². The molecule has 0 aliphatic rings. The van der Waals surface area contributed by atoms with Crippen LogP contribution in [-0.4, -0.2) is 14.5 Å². The molecule has 0 aliphatic carbocycles. The second-order valence-electron chi connectivity index (χ2n) is 3.59. The molecule has 0 radical (unpaired) electrons. The minimum Gasteiger partial charge on any atom is -0.207 e. The van der Waals surface area contributed by atoms with Gasteiger partial charge in [-0.05, 0) is 30.7 Å². The molecular weight excluding hydrogens is 258 g/mol. The molecule has 1 aromatic carbocycles. The van der Waals surface area contributed by atoms with E-state index in [0.717, 1.165) is 0 Å². The van der Waals surface area contributed by atoms with Gasteiger partial charge in [0.2, 0.25) is 10.0 Å². The molecule has 0 aromatic heterocycles. The molecule has 3 nitrogen and oxygen atoms in total. The van der Waals surface area contributed by atoms with E-state index in [1.807, 2.05) is 6.92 Å². The molecule has 17 heavy (non-hydrogen) atoms. The summed E-state index contributed by atoms with van der Waals surface area (Å²) in [4.78, 5) is 0.192. The molecule has 1 atom stereocenters. The van der Waals surface area contributed by atoms with E-state index in [-0.39, 0.29) is 10.9 Å². The van der Waals surface area contributed by atoms with Crippen LogP contribution in [0.3, 0.4) is 0 Å². The van der Waals surface area contributed by atoms with E-state index in [4.69, 9.17) is 18.0 Å². The summed E-state index contributed by atoms with van der Waals surface area (Å²) in [6, 6.07) is 5.78. The third kappa shape index (κ3) is 4.04. The Balaban J connectivity index is 2.89. The van der Waals surface area contributed by atoms with Gasteiger partial charge in [0, 0.05) is 17.5 Å². The number of benzene rings is 1. The topological polar surface area (TPSA) is 46.2 Å². The van der Waals surface area contributed by atoms with Gasteiger partial charge in [0.25, 0.3) is 0 Å². The first kappa shape index (κ1) is 14.0. The van der Waals surface area contributed by atoms with Gasteiger partial charge in [0.15, 0.2) is 0 Å². The first-order valence-electron chi connectivity index (χ1n) is 5.21. The van der Waals surface area contributed by atoms with Gasteiger partial charge in [0.05, 0.1) is 4.90 Å². The highest BCUT2D eigenvalue weighted by Crippen LogP contribution is 2.15. The molecule has 0 amide bonds. The summed E-state index contributed by atoms with van der Waals surface area (Å²) in [5.41, 5.74) is 0. The van der Waals surface area contributed by atoms with Gasteiger partial charge >= 0.3 is 0 Å². The van der Waals surface area contributed by atoms with E-state index in [2.05, 4.69) is 10.6 Å². The van der Waals surface area contributed by atoms with Gasteiger partial charge in [-0.15, -0.1) is 12.3 Å². The molecule has 0 saturated heterocycles. The van der Waals surface area contributed by atoms with Crippen LogP contribution in [0.4, 0.5) is 0 Å². The predicted molar refractivity (Wildman–Crippen MR) is 69.3 cm³/mol. The Hall–Kier alpha value is -1.02. The Kier molecular flexibility index (Phi) is 5.01. The summed E-state index contributed by atoms with van der Waals surface area (Å²) < 4.78 is 26.5. The van der Waals surface area contributed by atoms with Gasteiger partial charge in [-0.2, -0.15) is 0 Å². The molecule has 0 bridgehead atoms. The molecular formula is C12H14ClNO2S. The van der Waals surface area contributed by atoms with Crippen LogP contribution in [0.25, 0.3) is 0 Å². The molecule has 1 rings (SSSR count). The number of halogens is 1. The number of rotatable bonds is 5. The molecule has 0 heterocycles. The summed E-state index contributed by atoms with van der Waals surface area (Å²) in [5.74, 6) is 2.45. The lowest BCUT2D eigenvalue weighted by atomic mass is 10.2. The number of terminal acetylenes is 1. The minimum absolute atomic E-state index is 0.192. The first-order chi connectivity index (χ1) is 7.99. The molecule has 0 aliphatic heterocycles. The van der Waals surface area contributed by atoms with Crippen molar-refractivity contribution in [2.45, 2.75) is 30.7 Å². The standard InChI is InChI=1S/C12H14ClNO2S/c1-3-5-11(4-2)14-17(15,16)12-8-6-10(13)7-9-12/h1,6-9,11,14H,4-5H2,2H3. The van der Waals surface area contributed by atoms with Crippen LogP contribution in [0.15, 0.2) is 29.2 Å². The Morgan fingerprint density at radius 2 is 2.00 bits per heavy atom. The first-order valence-corrected chi connectivity index (χ1v) is 7.07. The van der Waals surface area contributed by atoms with Gasteiger partial charge in [-0.3, -0.25) is 0 Å². The molecule has 0 spiro atoms. The number of hydrogen-bond acceptors (Lipinski definition) is 2. The lowest BCUT2D eigenvalue weighted by Gasteiger charge is -2.14. The largest absolute Gasteiger partial charge is 0.240 e. The fourth-order valence-electron chi connectivity index (χ4n) is 1.31. The average Bonchev–Trinajstić information content (AvgIpc) is 2.28. The van der Waals surface area contributed by atoms with Crippen LogP contribution in [0, 0.1) is 12.3 Å². The van der Waals surface area contributed by atoms with E-state index in [0.29, 0.717) is 17.9 Å². The van der Waals surface area contributed by atoms with Crippen LogP contribution < -0.4 is 4.72 Å². The zero-order valence-electron chi connectivity index (χ0n) is 9.48. The van der Waals surface area contributed by atoms with E-state index >= 15 is 0 Å². The van der Waals surface area contributed by atoms with Crippen molar-refractivity contribution >= 4 is 21.6 Å². The highest BCUT2D eigenvalue weighted by Gasteiger charge is 2.18. The van der Waals surface area contributed by atoms with E-state index in [1.54, 1.807) is 0 Å². The quantitative estimate of drug-likeness (QED) is 0.836. The van der Waals surface area contributed by atoms with Gasteiger partial charge in [-0.1, -0.05) is 18.5 Å². The molecule has 0 saturated carbocycles. The monoisotopic (exact) mass is 271 g/mol. The zero-order chi connectivity index (χ0) is 12.9. The summed E-state index contributed by atoms with van der Waals surface area (Å²) in [7, 11) is -3.51. The Morgan fingerprint density at radius 1 is 1.41 bits per heavy atom. The van der Waals surface area contributed by atoms with E-state index in [1.165, 1.54) is 24.3 Å². The molecule has 1 N–H and O–H groups in total. The normalized spacial score (nSPS) is 13.0. The zero-order valence-corrected chi connectivity index (χ0v) is 11.1. The lowest BCUT2D eigenvalue weighted by molar-refractivity contribution is 0.544. The Morgan fingerprint density at radius 3 is 2.47 bits per heavy atom. The second kappa shape index (κ2) is 6.06. The smallest absolute Gasteiger partial charge is 0.207 e. The van der Waals surface area contributed by atoms with Gasteiger partial charge < -0.3 is 0 Å². The van der Waals surface area contributed by atoms with Crippen molar-refractivity contribution in [3.05, 3.63) is 29.3 Å². The third-order valence-corrected chi connectivity index (χ3v) is 4.09. The highest BCUT2D eigenvalue weighted by atomic mass is 35.5. The SMILES string of the molecule is C#CCC(CC)NS(=O)(=O)c1ccc(Cl)cc1. The van der Waals surface area contributed by atoms with Crippen molar-refractivity contribution in [1.29, 1.82) is 0 Å². The van der Waals surface area contributed by atoms with Crippen LogP contribution >= 0.6 is 11.6 Å². The number of sulfonamides is 1. The highest BCUT2D eigenvalue weighted by molar-refractivity contribution is 7.89. The van der Waals surface area contributed by atoms with Crippen molar-refractivity contribution in [3.63, 3.8) is 0 Å². The van der Waals surface area contributed by atoms with Crippen molar-refractivity contribution in [2.75, 3.05) is 0 Å². The Bertz CT molecular complexity index is 502. The third-order valence-electron chi connectivity index (χ3n) is 2.30. The summed E-state index contributed by atoms with van der Waals surface area (Å²) >= 11 is 5.70. The Labute approximate surface area is 107 Å². The maximum absolute atomic E-state index is 12.0. The average molecular weight is 272 g/mol. The molecule has 92 valence electrons. The van der Waals surface area contributed by atoms with Crippen molar-refractivity contribution < 1.29 is 8.42 Å². The van der Waals surface area contributed by atoms with Crippen LogP contribution in [0.1, 0.15) is 19.8 Å². The molecule has 1 aromatic rings. The van der Waals surface area contributed by atoms with Crippen molar-refractivity contribution in [3.8, 4) is 12.3 Å². The maximum atomic E-state index is 12.0. The number of nitrogens with one attached hydrogen (secondary N) is 1. The molecule has 5 heteroatoms. The van der Waals surface area contributed by atoms with E-state index in [9.17, 15) is 8.42 Å². The summed E-state index contributed by atoms with van der Waals surface area (Å²) in [5, 5.41) is 0.500. The lowest BCUT2D eigenvalue weighted by Crippen LogP contribution is -2.34. The molecule has 1 unspecified atom stereocenters. The van der Waals surface area contributed by atoms with Crippen molar-refractivity contribution in [1.82, 2.24) is 4.72 Å². The summed E-state index contributed by atoms with van der Waals surface area (Å²) in [6.45, 7) is 1.88. The fourth-order valence-corrected chi connectivity index (χ4v) is 2.76. The predicted octanol–water partition coefficient (Wildman–Crippen LogP) is 2.42. The summed E-state index contributed by atoms with van der Waals surface area (Å²) in [6.07, 6.45) is 6.21. The molecule has 0 fully saturated rings. The minimum atomic E-state index is -3.51. The van der Waals surface area contributed by atoms with E-state index < -0.39 is 10.0 Å². The maximum Gasteiger partial charge on any atom is 0.240 e. The number of hydrogen-bond donors (Lipinski definition) is 1. The van der Waals surface area contributed by atoms with Crippen molar-refractivity contribution in [2.24, 2.45) is 0 Å².